The van der Waals surface area contributed by atoms with Gasteiger partial charge >= 0.3 is 5.97 Å². The van der Waals surface area contributed by atoms with E-state index in [4.69, 9.17) is 16.3 Å². The fourth-order valence-corrected chi connectivity index (χ4v) is 6.36. The Morgan fingerprint density at radius 1 is 1.12 bits per heavy atom. The summed E-state index contributed by atoms with van der Waals surface area (Å²) >= 11 is 8.81. The minimum Gasteiger partial charge on any atom is -0.506 e. The number of aryl methyl sites for hydroxylation is 1. The van der Waals surface area contributed by atoms with Crippen LogP contribution in [0.5, 0.6) is 0 Å². The van der Waals surface area contributed by atoms with E-state index in [1.165, 1.54) is 11.8 Å². The molecule has 0 saturated heterocycles. The van der Waals surface area contributed by atoms with Crippen molar-refractivity contribution in [1.29, 1.82) is 0 Å². The number of ether oxygens (including phenoxy) is 1. The monoisotopic (exact) mass is 605 g/mol. The molecule has 5 rings (SSSR count). The smallest absolute Gasteiger partial charge is 0.344 e. The number of nitrogens with zero attached hydrogens (tertiary/aromatic N) is 2. The maximum Gasteiger partial charge on any atom is 0.344 e. The van der Waals surface area contributed by atoms with E-state index in [2.05, 4.69) is 23.3 Å². The van der Waals surface area contributed by atoms with Crippen molar-refractivity contribution in [3.63, 3.8) is 0 Å². The SMILES string of the molecule is CCOC(=O)C1=C(O)/C(=C/c2cn(CC(=O)NCc3cccs3)c3c(CC)cccc23)SC1=Nc1ccc(Cl)cc1. The van der Waals surface area contributed by atoms with E-state index >= 15 is 0 Å². The van der Waals surface area contributed by atoms with Gasteiger partial charge in [0.15, 0.2) is 0 Å². The summed E-state index contributed by atoms with van der Waals surface area (Å²) in [5.74, 6) is -0.936. The molecule has 10 heteroatoms. The third-order valence-corrected chi connectivity index (χ3v) is 8.61. The molecule has 4 aromatic rings. The highest BCUT2D eigenvalue weighted by Gasteiger charge is 2.33. The molecule has 3 heterocycles. The van der Waals surface area contributed by atoms with Crippen molar-refractivity contribution in [2.75, 3.05) is 6.61 Å². The van der Waals surface area contributed by atoms with Crippen molar-refractivity contribution >= 4 is 74.3 Å². The predicted octanol–water partition coefficient (Wildman–Crippen LogP) is 7.43. The number of aliphatic hydroxyl groups is 1. The van der Waals surface area contributed by atoms with E-state index in [9.17, 15) is 14.7 Å². The van der Waals surface area contributed by atoms with Gasteiger partial charge in [-0.3, -0.25) is 4.79 Å². The maximum absolute atomic E-state index is 12.9. The number of aliphatic hydroxyl groups excluding tert-OH is 1. The van der Waals surface area contributed by atoms with Crippen LogP contribution in [0.3, 0.4) is 0 Å². The molecule has 1 amide bonds. The number of hydrogen-bond acceptors (Lipinski definition) is 7. The van der Waals surface area contributed by atoms with Gasteiger partial charge in [0.05, 0.1) is 29.3 Å². The normalized spacial score (nSPS) is 15.3. The van der Waals surface area contributed by atoms with Gasteiger partial charge in [-0.25, -0.2) is 9.79 Å². The number of fused-ring (bicyclic) bond motifs is 1. The largest absolute Gasteiger partial charge is 0.506 e. The van der Waals surface area contributed by atoms with Crippen LogP contribution in [0.1, 0.15) is 29.9 Å². The van der Waals surface area contributed by atoms with Gasteiger partial charge in [-0.05, 0) is 60.7 Å². The molecular weight excluding hydrogens is 578 g/mol. The molecule has 0 aliphatic carbocycles. The van der Waals surface area contributed by atoms with Gasteiger partial charge in [0.2, 0.25) is 5.91 Å². The van der Waals surface area contributed by atoms with Crippen LogP contribution in [0.2, 0.25) is 5.02 Å². The van der Waals surface area contributed by atoms with E-state index in [-0.39, 0.29) is 30.4 Å². The molecule has 41 heavy (non-hydrogen) atoms. The number of benzene rings is 2. The topological polar surface area (TPSA) is 92.9 Å². The Labute approximate surface area is 251 Å². The number of hydrogen-bond donors (Lipinski definition) is 2. The molecule has 0 bridgehead atoms. The molecule has 0 fully saturated rings. The molecule has 2 aromatic carbocycles. The Morgan fingerprint density at radius 2 is 1.93 bits per heavy atom. The number of esters is 1. The van der Waals surface area contributed by atoms with Gasteiger partial charge in [0, 0.05) is 27.0 Å². The number of aromatic nitrogens is 1. The lowest BCUT2D eigenvalue weighted by molar-refractivity contribution is -0.138. The van der Waals surface area contributed by atoms with Crippen molar-refractivity contribution in [3.8, 4) is 0 Å². The zero-order valence-electron chi connectivity index (χ0n) is 22.5. The Hall–Kier alpha value is -3.79. The number of thiophene rings is 1. The Bertz CT molecular complexity index is 1690. The summed E-state index contributed by atoms with van der Waals surface area (Å²) in [4.78, 5) is 31.9. The lowest BCUT2D eigenvalue weighted by Gasteiger charge is -2.09. The summed E-state index contributed by atoms with van der Waals surface area (Å²) in [6.45, 7) is 4.58. The summed E-state index contributed by atoms with van der Waals surface area (Å²) in [5, 5.41) is 18.0. The molecule has 0 spiro atoms. The van der Waals surface area contributed by atoms with E-state index in [0.717, 1.165) is 33.3 Å². The van der Waals surface area contributed by atoms with Crippen LogP contribution in [-0.4, -0.2) is 33.2 Å². The number of amides is 1. The second-order valence-corrected chi connectivity index (χ2v) is 11.7. The zero-order chi connectivity index (χ0) is 28.9. The van der Waals surface area contributed by atoms with Gasteiger partial charge in [0.1, 0.15) is 22.9 Å². The zero-order valence-corrected chi connectivity index (χ0v) is 24.9. The summed E-state index contributed by atoms with van der Waals surface area (Å²) in [7, 11) is 0. The lowest BCUT2D eigenvalue weighted by Crippen LogP contribution is -2.26. The van der Waals surface area contributed by atoms with E-state index in [0.29, 0.717) is 27.2 Å². The van der Waals surface area contributed by atoms with Gasteiger partial charge in [-0.1, -0.05) is 54.6 Å². The minimum absolute atomic E-state index is 0.0176. The number of carbonyl (C=O) groups excluding carboxylic acids is 2. The lowest BCUT2D eigenvalue weighted by atomic mass is 10.1. The molecule has 2 N–H and O–H groups in total. The first-order valence-corrected chi connectivity index (χ1v) is 15.2. The number of halogens is 1. The number of carbonyl (C=O) groups is 2. The molecule has 0 saturated carbocycles. The fourth-order valence-electron chi connectivity index (χ4n) is 4.57. The second-order valence-electron chi connectivity index (χ2n) is 9.18. The molecule has 210 valence electrons. The molecule has 2 aromatic heterocycles. The van der Waals surface area contributed by atoms with Crippen molar-refractivity contribution < 1.29 is 19.4 Å². The standard InChI is InChI=1S/C31H28ClN3O4S2/c1-3-19-7-5-9-24-20(17-35(28(19)24)18-26(36)33-16-23-8-6-14-40-23)15-25-29(37)27(31(38)39-4-2)30(41-25)34-22-12-10-21(32)11-13-22/h5-15,17,37H,3-4,16,18H2,1-2H3,(H,33,36)/b25-15-,34-30?. The van der Waals surface area contributed by atoms with Crippen LogP contribution >= 0.6 is 34.7 Å². The first-order chi connectivity index (χ1) is 19.9. The third kappa shape index (κ3) is 6.43. The van der Waals surface area contributed by atoms with Crippen molar-refractivity contribution in [2.24, 2.45) is 4.99 Å². The summed E-state index contributed by atoms with van der Waals surface area (Å²) in [6.07, 6.45) is 4.53. The average Bonchev–Trinajstić information content (AvgIpc) is 3.68. The molecule has 0 unspecified atom stereocenters. The summed E-state index contributed by atoms with van der Waals surface area (Å²) in [6, 6.07) is 16.9. The van der Waals surface area contributed by atoms with E-state index in [1.54, 1.807) is 42.5 Å². The maximum atomic E-state index is 12.9. The van der Waals surface area contributed by atoms with Crippen LogP contribution in [-0.2, 0) is 33.8 Å². The van der Waals surface area contributed by atoms with Gasteiger partial charge in [-0.15, -0.1) is 11.3 Å². The van der Waals surface area contributed by atoms with E-state index in [1.807, 2.05) is 46.5 Å². The molecule has 1 aliphatic heterocycles. The average molecular weight is 606 g/mol. The first kappa shape index (κ1) is 28.7. The van der Waals surface area contributed by atoms with Crippen LogP contribution in [0.15, 0.2) is 87.4 Å². The number of thioether (sulfide) groups is 1. The van der Waals surface area contributed by atoms with Gasteiger partial charge in [-0.2, -0.15) is 0 Å². The summed E-state index contributed by atoms with van der Waals surface area (Å²) < 4.78 is 7.18. The number of nitrogens with one attached hydrogen (secondary N) is 1. The van der Waals surface area contributed by atoms with Crippen molar-refractivity contribution in [1.82, 2.24) is 9.88 Å². The molecule has 0 atom stereocenters. The van der Waals surface area contributed by atoms with Crippen LogP contribution in [0.25, 0.3) is 17.0 Å². The highest BCUT2D eigenvalue weighted by atomic mass is 35.5. The number of aliphatic imine (C=N–C) groups is 1. The molecule has 0 radical (unpaired) electrons. The fraction of sp³-hybridized carbons (Fsp3) is 0.194. The molecule has 7 nitrogen and oxygen atoms in total. The first-order valence-electron chi connectivity index (χ1n) is 13.1. The van der Waals surface area contributed by atoms with Gasteiger partial charge in [0.25, 0.3) is 0 Å². The minimum atomic E-state index is -0.647. The quantitative estimate of drug-likeness (QED) is 0.194. The van der Waals surface area contributed by atoms with Gasteiger partial charge < -0.3 is 19.7 Å². The van der Waals surface area contributed by atoms with Crippen molar-refractivity contribution in [2.45, 2.75) is 33.4 Å². The molecular formula is C31H28ClN3O4S2. The third-order valence-electron chi connectivity index (χ3n) is 6.46. The Balaban J connectivity index is 1.52. The molecule has 1 aliphatic rings. The predicted molar refractivity (Wildman–Crippen MR) is 168 cm³/mol. The van der Waals surface area contributed by atoms with E-state index < -0.39 is 5.97 Å². The Kier molecular flexibility index (Phi) is 8.97. The summed E-state index contributed by atoms with van der Waals surface area (Å²) in [5.41, 5.74) is 3.48. The van der Waals surface area contributed by atoms with Crippen LogP contribution < -0.4 is 5.32 Å². The highest BCUT2D eigenvalue weighted by molar-refractivity contribution is 8.18. The highest BCUT2D eigenvalue weighted by Crippen LogP contribution is 2.41. The van der Waals surface area contributed by atoms with Crippen LogP contribution in [0, 0.1) is 0 Å². The van der Waals surface area contributed by atoms with Crippen LogP contribution in [0.4, 0.5) is 5.69 Å². The number of rotatable bonds is 9. The number of para-hydroxylation sites is 1. The second kappa shape index (κ2) is 12.8. The van der Waals surface area contributed by atoms with Crippen molar-refractivity contribution in [3.05, 3.63) is 103 Å². The Morgan fingerprint density at radius 3 is 2.63 bits per heavy atom.